The molecule has 0 aliphatic rings. The summed E-state index contributed by atoms with van der Waals surface area (Å²) < 4.78 is 1.86. The van der Waals surface area contributed by atoms with Crippen LogP contribution in [-0.4, -0.2) is 32.4 Å². The van der Waals surface area contributed by atoms with Crippen LogP contribution in [0.1, 0.15) is 10.5 Å². The molecule has 3 N–H and O–H groups in total. The van der Waals surface area contributed by atoms with Gasteiger partial charge in [-0.3, -0.25) is 19.6 Å². The highest BCUT2D eigenvalue weighted by Crippen LogP contribution is 2.27. The molecule has 0 bridgehead atoms. The molecule has 1 amide bonds. The van der Waals surface area contributed by atoms with Crippen LogP contribution in [-0.2, 0) is 6.54 Å². The Bertz CT molecular complexity index is 686. The Morgan fingerprint density at radius 2 is 2.29 bits per heavy atom. The Morgan fingerprint density at radius 1 is 1.52 bits per heavy atom. The summed E-state index contributed by atoms with van der Waals surface area (Å²) in [6.07, 6.45) is 1.47. The van der Waals surface area contributed by atoms with Gasteiger partial charge < -0.3 is 11.1 Å². The first-order valence-electron chi connectivity index (χ1n) is 5.86. The van der Waals surface area contributed by atoms with E-state index in [-0.39, 0.29) is 11.4 Å². The first-order valence-corrected chi connectivity index (χ1v) is 6.66. The molecule has 21 heavy (non-hydrogen) atoms. The van der Waals surface area contributed by atoms with Crippen molar-refractivity contribution < 1.29 is 9.72 Å². The molecule has 0 aliphatic carbocycles. The Balaban J connectivity index is 2.13. The molecule has 0 fully saturated rings. The van der Waals surface area contributed by atoms with Crippen molar-refractivity contribution in [2.75, 3.05) is 11.9 Å². The molecule has 0 atom stereocenters. The van der Waals surface area contributed by atoms with Crippen LogP contribution >= 0.6 is 15.9 Å². The summed E-state index contributed by atoms with van der Waals surface area (Å²) in [6.45, 7) is 0.847. The lowest BCUT2D eigenvalue weighted by Gasteiger charge is -2.05. The smallest absolute Gasteiger partial charge is 0.277 e. The predicted octanol–water partition coefficient (Wildman–Crippen LogP) is 1.16. The van der Waals surface area contributed by atoms with Gasteiger partial charge in [-0.2, -0.15) is 0 Å². The van der Waals surface area contributed by atoms with Gasteiger partial charge in [0.15, 0.2) is 5.69 Å². The van der Waals surface area contributed by atoms with Gasteiger partial charge >= 0.3 is 0 Å². The van der Waals surface area contributed by atoms with Crippen LogP contribution in [0.2, 0.25) is 0 Å². The molecule has 1 aromatic carbocycles. The number of benzene rings is 1. The molecule has 0 aliphatic heterocycles. The second-order valence-corrected chi connectivity index (χ2v) is 4.89. The topological polar surface area (TPSA) is 129 Å². The fourth-order valence-corrected chi connectivity index (χ4v) is 2.02. The third-order valence-electron chi connectivity index (χ3n) is 2.54. The van der Waals surface area contributed by atoms with Crippen LogP contribution in [0.15, 0.2) is 28.9 Å². The highest BCUT2D eigenvalue weighted by Gasteiger charge is 2.14. The number of rotatable bonds is 5. The number of carbonyl (C=O) groups is 1. The Morgan fingerprint density at radius 3 is 2.90 bits per heavy atom. The number of carbonyl (C=O) groups excluding carboxylic acids is 1. The summed E-state index contributed by atoms with van der Waals surface area (Å²) in [5.41, 5.74) is 5.84. The molecule has 110 valence electrons. The number of nitro groups is 1. The van der Waals surface area contributed by atoms with Gasteiger partial charge in [0.05, 0.1) is 23.4 Å². The number of anilines is 1. The lowest BCUT2D eigenvalue weighted by molar-refractivity contribution is -0.384. The van der Waals surface area contributed by atoms with Crippen molar-refractivity contribution >= 4 is 33.2 Å². The van der Waals surface area contributed by atoms with Crippen LogP contribution in [0.4, 0.5) is 11.4 Å². The minimum absolute atomic E-state index is 0.0752. The van der Waals surface area contributed by atoms with Crippen LogP contribution in [0.3, 0.4) is 0 Å². The lowest BCUT2D eigenvalue weighted by Crippen LogP contribution is -2.13. The minimum Gasteiger partial charge on any atom is -0.329 e. The van der Waals surface area contributed by atoms with E-state index in [9.17, 15) is 14.9 Å². The van der Waals surface area contributed by atoms with Crippen molar-refractivity contribution in [1.82, 2.24) is 15.0 Å². The van der Waals surface area contributed by atoms with Crippen molar-refractivity contribution in [3.05, 3.63) is 44.7 Å². The van der Waals surface area contributed by atoms with Gasteiger partial charge in [0, 0.05) is 23.2 Å². The van der Waals surface area contributed by atoms with Crippen molar-refractivity contribution in [1.29, 1.82) is 0 Å². The molecule has 2 rings (SSSR count). The molecule has 1 heterocycles. The highest BCUT2D eigenvalue weighted by molar-refractivity contribution is 9.10. The van der Waals surface area contributed by atoms with Crippen molar-refractivity contribution in [3.8, 4) is 0 Å². The van der Waals surface area contributed by atoms with E-state index in [1.54, 1.807) is 0 Å². The fourth-order valence-electron chi connectivity index (χ4n) is 1.55. The molecule has 1 aromatic heterocycles. The molecular weight excluding hydrogens is 344 g/mol. The predicted molar refractivity (Wildman–Crippen MR) is 77.8 cm³/mol. The molecule has 0 saturated carbocycles. The van der Waals surface area contributed by atoms with Crippen molar-refractivity contribution in [2.24, 2.45) is 5.73 Å². The Labute approximate surface area is 127 Å². The summed E-state index contributed by atoms with van der Waals surface area (Å²) in [5.74, 6) is -0.465. The Hall–Kier alpha value is -2.33. The average Bonchev–Trinajstić information content (AvgIpc) is 2.90. The number of halogens is 1. The fraction of sp³-hybridized carbons (Fsp3) is 0.182. The van der Waals surface area contributed by atoms with Gasteiger partial charge in [0.25, 0.3) is 11.6 Å². The molecule has 0 radical (unpaired) electrons. The second kappa shape index (κ2) is 6.41. The maximum absolute atomic E-state index is 12.0. The zero-order valence-electron chi connectivity index (χ0n) is 10.7. The number of aromatic nitrogens is 3. The van der Waals surface area contributed by atoms with E-state index in [4.69, 9.17) is 5.73 Å². The van der Waals surface area contributed by atoms with Crippen molar-refractivity contribution in [2.45, 2.75) is 6.54 Å². The monoisotopic (exact) mass is 354 g/mol. The third kappa shape index (κ3) is 3.61. The number of nitrogens with one attached hydrogen (secondary N) is 1. The molecule has 0 saturated heterocycles. The van der Waals surface area contributed by atoms with E-state index in [0.29, 0.717) is 23.2 Å². The largest absolute Gasteiger partial charge is 0.329 e. The summed E-state index contributed by atoms with van der Waals surface area (Å²) in [7, 11) is 0. The van der Waals surface area contributed by atoms with E-state index in [1.165, 1.54) is 29.1 Å². The van der Waals surface area contributed by atoms with Crippen molar-refractivity contribution in [3.63, 3.8) is 0 Å². The van der Waals surface area contributed by atoms with E-state index in [2.05, 4.69) is 31.6 Å². The van der Waals surface area contributed by atoms with Crippen LogP contribution in [0.25, 0.3) is 0 Å². The minimum atomic E-state index is -0.519. The zero-order valence-corrected chi connectivity index (χ0v) is 12.3. The van der Waals surface area contributed by atoms with Crippen LogP contribution < -0.4 is 11.1 Å². The standard InChI is InChI=1S/C11H11BrN6O3/c12-8-5-7(18(20)21)1-2-9(8)14-11(19)10-6-17(4-3-13)16-15-10/h1-2,5-6H,3-4,13H2,(H,14,19). The first-order chi connectivity index (χ1) is 10.0. The molecule has 0 unspecified atom stereocenters. The number of nitrogens with zero attached hydrogens (tertiary/aromatic N) is 4. The lowest BCUT2D eigenvalue weighted by atomic mass is 10.3. The van der Waals surface area contributed by atoms with Crippen LogP contribution in [0, 0.1) is 10.1 Å². The zero-order chi connectivity index (χ0) is 15.4. The maximum Gasteiger partial charge on any atom is 0.277 e. The van der Waals surface area contributed by atoms with Gasteiger partial charge in [0.1, 0.15) is 0 Å². The maximum atomic E-state index is 12.0. The summed E-state index contributed by atoms with van der Waals surface area (Å²) >= 11 is 3.17. The van der Waals surface area contributed by atoms with E-state index >= 15 is 0 Å². The molecular formula is C11H11BrN6O3. The van der Waals surface area contributed by atoms with Crippen LogP contribution in [0.5, 0.6) is 0 Å². The number of nitrogens with two attached hydrogens (primary N) is 1. The van der Waals surface area contributed by atoms with Gasteiger partial charge in [-0.1, -0.05) is 5.21 Å². The third-order valence-corrected chi connectivity index (χ3v) is 3.20. The molecule has 10 heteroatoms. The summed E-state index contributed by atoms with van der Waals surface area (Å²) in [6, 6.07) is 4.04. The normalized spacial score (nSPS) is 10.4. The van der Waals surface area contributed by atoms with Gasteiger partial charge in [-0.25, -0.2) is 0 Å². The summed E-state index contributed by atoms with van der Waals surface area (Å²) in [5, 5.41) is 20.7. The van der Waals surface area contributed by atoms with Gasteiger partial charge in [-0.15, -0.1) is 5.10 Å². The first kappa shape index (κ1) is 15.1. The molecule has 9 nitrogen and oxygen atoms in total. The number of hydrogen-bond acceptors (Lipinski definition) is 6. The number of hydrogen-bond donors (Lipinski definition) is 2. The summed E-state index contributed by atoms with van der Waals surface area (Å²) in [4.78, 5) is 22.1. The quantitative estimate of drug-likeness (QED) is 0.612. The van der Waals surface area contributed by atoms with E-state index < -0.39 is 10.8 Å². The number of non-ortho nitro benzene ring substituents is 1. The highest BCUT2D eigenvalue weighted by atomic mass is 79.9. The second-order valence-electron chi connectivity index (χ2n) is 4.03. The average molecular weight is 355 g/mol. The SMILES string of the molecule is NCCn1cc(C(=O)Nc2ccc([N+](=O)[O-])cc2Br)nn1. The van der Waals surface area contributed by atoms with Gasteiger partial charge in [-0.05, 0) is 22.0 Å². The van der Waals surface area contributed by atoms with E-state index in [0.717, 1.165) is 0 Å². The van der Waals surface area contributed by atoms with E-state index in [1.807, 2.05) is 0 Å². The Kier molecular flexibility index (Phi) is 4.60. The molecule has 2 aromatic rings. The number of nitro benzene ring substituents is 1. The molecule has 0 spiro atoms. The van der Waals surface area contributed by atoms with Gasteiger partial charge in [0.2, 0.25) is 0 Å². The number of amides is 1.